The van der Waals surface area contributed by atoms with Crippen LogP contribution in [0.5, 0.6) is 0 Å². The Kier molecular flexibility index (Phi) is 2.81. The Morgan fingerprint density at radius 3 is 3.00 bits per heavy atom. The van der Waals surface area contributed by atoms with Crippen LogP contribution in [0.2, 0.25) is 0 Å². The summed E-state index contributed by atoms with van der Waals surface area (Å²) in [7, 11) is 0. The fourth-order valence-corrected chi connectivity index (χ4v) is 2.28. The second kappa shape index (κ2) is 4.12. The Hall–Kier alpha value is -1.58. The van der Waals surface area contributed by atoms with E-state index in [0.29, 0.717) is 5.82 Å². The van der Waals surface area contributed by atoms with Gasteiger partial charge in [0.15, 0.2) is 0 Å². The van der Waals surface area contributed by atoms with Gasteiger partial charge in [-0.3, -0.25) is 4.79 Å². The van der Waals surface area contributed by atoms with E-state index in [1.807, 2.05) is 17.9 Å². The van der Waals surface area contributed by atoms with Gasteiger partial charge in [0.2, 0.25) is 5.91 Å². The molecule has 0 spiro atoms. The molecule has 2 rings (SSSR count). The molecule has 1 saturated heterocycles. The summed E-state index contributed by atoms with van der Waals surface area (Å²) in [5.41, 5.74) is 7.77. The monoisotopic (exact) mass is 219 g/mol. The molecule has 1 atom stereocenters. The van der Waals surface area contributed by atoms with Crippen molar-refractivity contribution in [3.05, 3.63) is 23.4 Å². The van der Waals surface area contributed by atoms with E-state index in [2.05, 4.69) is 4.98 Å². The number of carbonyl (C=O) groups is 1. The number of likely N-dealkylation sites (tertiary alicyclic amines) is 1. The summed E-state index contributed by atoms with van der Waals surface area (Å²) >= 11 is 0. The van der Waals surface area contributed by atoms with Crippen molar-refractivity contribution < 1.29 is 4.79 Å². The predicted molar refractivity (Wildman–Crippen MR) is 62.7 cm³/mol. The van der Waals surface area contributed by atoms with Gasteiger partial charge in [0.25, 0.3) is 0 Å². The largest absolute Gasteiger partial charge is 0.383 e. The maximum absolute atomic E-state index is 11.5. The first kappa shape index (κ1) is 10.9. The zero-order chi connectivity index (χ0) is 11.7. The molecular weight excluding hydrogens is 202 g/mol. The van der Waals surface area contributed by atoms with Crippen molar-refractivity contribution in [1.29, 1.82) is 0 Å². The highest BCUT2D eigenvalue weighted by Crippen LogP contribution is 2.32. The molecule has 0 unspecified atom stereocenters. The maximum atomic E-state index is 11.5. The number of hydrogen-bond acceptors (Lipinski definition) is 3. The van der Waals surface area contributed by atoms with E-state index in [1.54, 1.807) is 13.1 Å². The summed E-state index contributed by atoms with van der Waals surface area (Å²) in [5.74, 6) is 0.702. The molecule has 0 radical (unpaired) electrons. The number of amides is 1. The predicted octanol–water partition coefficient (Wildman–Crippen LogP) is 1.66. The zero-order valence-corrected chi connectivity index (χ0v) is 9.73. The van der Waals surface area contributed by atoms with Gasteiger partial charge in [-0.05, 0) is 37.0 Å². The minimum absolute atomic E-state index is 0.136. The standard InChI is InChI=1S/C12H17N3O/c1-8-6-10(7-14-12(8)13)11-4-3-5-15(11)9(2)16/h6-7,11H,3-5H2,1-2H3,(H2,13,14)/t11-/m1/s1. The SMILES string of the molecule is CC(=O)N1CCC[C@@H]1c1cnc(N)c(C)c1. The van der Waals surface area contributed by atoms with Gasteiger partial charge >= 0.3 is 0 Å². The van der Waals surface area contributed by atoms with Gasteiger partial charge in [0, 0.05) is 19.7 Å². The Balaban J connectivity index is 2.29. The molecular formula is C12H17N3O. The number of aromatic nitrogens is 1. The van der Waals surface area contributed by atoms with Crippen molar-refractivity contribution in [3.63, 3.8) is 0 Å². The number of nitrogen functional groups attached to an aromatic ring is 1. The third kappa shape index (κ3) is 1.87. The molecule has 4 heteroatoms. The summed E-state index contributed by atoms with van der Waals surface area (Å²) in [6.07, 6.45) is 3.87. The molecule has 0 saturated carbocycles. The van der Waals surface area contributed by atoms with Crippen LogP contribution in [0, 0.1) is 6.92 Å². The molecule has 4 nitrogen and oxygen atoms in total. The van der Waals surface area contributed by atoms with Crippen molar-refractivity contribution >= 4 is 11.7 Å². The second-order valence-electron chi connectivity index (χ2n) is 4.34. The first-order valence-corrected chi connectivity index (χ1v) is 5.59. The highest BCUT2D eigenvalue weighted by atomic mass is 16.2. The third-order valence-electron chi connectivity index (χ3n) is 3.18. The first-order valence-electron chi connectivity index (χ1n) is 5.59. The van der Waals surface area contributed by atoms with Gasteiger partial charge in [-0.15, -0.1) is 0 Å². The zero-order valence-electron chi connectivity index (χ0n) is 9.73. The van der Waals surface area contributed by atoms with Crippen molar-refractivity contribution in [2.45, 2.75) is 32.7 Å². The van der Waals surface area contributed by atoms with Crippen LogP contribution in [0.1, 0.15) is 36.9 Å². The van der Waals surface area contributed by atoms with Crippen LogP contribution in [0.25, 0.3) is 0 Å². The molecule has 16 heavy (non-hydrogen) atoms. The Morgan fingerprint density at radius 1 is 1.62 bits per heavy atom. The topological polar surface area (TPSA) is 59.2 Å². The summed E-state index contributed by atoms with van der Waals surface area (Å²) < 4.78 is 0. The molecule has 2 N–H and O–H groups in total. The Bertz CT molecular complexity index is 417. The van der Waals surface area contributed by atoms with Gasteiger partial charge in [-0.1, -0.05) is 0 Å². The summed E-state index contributed by atoms with van der Waals surface area (Å²) in [6, 6.07) is 2.22. The number of nitrogens with zero attached hydrogens (tertiary/aromatic N) is 2. The molecule has 86 valence electrons. The minimum Gasteiger partial charge on any atom is -0.383 e. The Labute approximate surface area is 95.5 Å². The van der Waals surface area contributed by atoms with Crippen LogP contribution in [0.3, 0.4) is 0 Å². The maximum Gasteiger partial charge on any atom is 0.219 e. The number of pyridine rings is 1. The van der Waals surface area contributed by atoms with Gasteiger partial charge in [0.05, 0.1) is 6.04 Å². The van der Waals surface area contributed by atoms with Gasteiger partial charge in [-0.25, -0.2) is 4.98 Å². The lowest BCUT2D eigenvalue weighted by Crippen LogP contribution is -2.28. The van der Waals surface area contributed by atoms with Crippen LogP contribution in [0.4, 0.5) is 5.82 Å². The average molecular weight is 219 g/mol. The quantitative estimate of drug-likeness (QED) is 0.781. The van der Waals surface area contributed by atoms with Crippen LogP contribution in [0.15, 0.2) is 12.3 Å². The summed E-state index contributed by atoms with van der Waals surface area (Å²) in [6.45, 7) is 4.41. The second-order valence-corrected chi connectivity index (χ2v) is 4.34. The molecule has 1 aliphatic rings. The van der Waals surface area contributed by atoms with Crippen molar-refractivity contribution in [2.75, 3.05) is 12.3 Å². The molecule has 0 bridgehead atoms. The van der Waals surface area contributed by atoms with Gasteiger partial charge in [0.1, 0.15) is 5.82 Å². The van der Waals surface area contributed by atoms with E-state index in [9.17, 15) is 4.79 Å². The van der Waals surface area contributed by atoms with Crippen LogP contribution >= 0.6 is 0 Å². The van der Waals surface area contributed by atoms with Crippen LogP contribution in [-0.4, -0.2) is 22.3 Å². The van der Waals surface area contributed by atoms with Crippen molar-refractivity contribution in [2.24, 2.45) is 0 Å². The van der Waals surface area contributed by atoms with Crippen LogP contribution < -0.4 is 5.73 Å². The fraction of sp³-hybridized carbons (Fsp3) is 0.500. The van der Waals surface area contributed by atoms with Crippen molar-refractivity contribution in [3.8, 4) is 0 Å². The lowest BCUT2D eigenvalue weighted by Gasteiger charge is -2.23. The molecule has 1 aromatic heterocycles. The lowest BCUT2D eigenvalue weighted by molar-refractivity contribution is -0.129. The molecule has 1 fully saturated rings. The van der Waals surface area contributed by atoms with E-state index >= 15 is 0 Å². The number of anilines is 1. The smallest absolute Gasteiger partial charge is 0.219 e. The van der Waals surface area contributed by atoms with Gasteiger partial charge < -0.3 is 10.6 Å². The van der Waals surface area contributed by atoms with E-state index in [1.165, 1.54) is 0 Å². The average Bonchev–Trinajstić information content (AvgIpc) is 2.71. The van der Waals surface area contributed by atoms with Gasteiger partial charge in [-0.2, -0.15) is 0 Å². The first-order chi connectivity index (χ1) is 7.59. The highest BCUT2D eigenvalue weighted by molar-refractivity contribution is 5.74. The molecule has 2 heterocycles. The molecule has 1 amide bonds. The number of carbonyl (C=O) groups excluding carboxylic acids is 1. The molecule has 0 aliphatic carbocycles. The van der Waals surface area contributed by atoms with E-state index in [4.69, 9.17) is 5.73 Å². The molecule has 0 aromatic carbocycles. The highest BCUT2D eigenvalue weighted by Gasteiger charge is 2.28. The van der Waals surface area contributed by atoms with E-state index < -0.39 is 0 Å². The summed E-state index contributed by atoms with van der Waals surface area (Å²) in [5, 5.41) is 0. The number of aryl methyl sites for hydroxylation is 1. The van der Waals surface area contributed by atoms with E-state index in [-0.39, 0.29) is 11.9 Å². The summed E-state index contributed by atoms with van der Waals surface area (Å²) in [4.78, 5) is 17.5. The molecule has 1 aliphatic heterocycles. The van der Waals surface area contributed by atoms with E-state index in [0.717, 1.165) is 30.5 Å². The van der Waals surface area contributed by atoms with Crippen molar-refractivity contribution in [1.82, 2.24) is 9.88 Å². The minimum atomic E-state index is 0.136. The Morgan fingerprint density at radius 2 is 2.38 bits per heavy atom. The molecule has 1 aromatic rings. The number of nitrogens with two attached hydrogens (primary N) is 1. The lowest BCUT2D eigenvalue weighted by atomic mass is 10.0. The fourth-order valence-electron chi connectivity index (χ4n) is 2.28. The third-order valence-corrected chi connectivity index (χ3v) is 3.18. The normalized spacial score (nSPS) is 20.1. The van der Waals surface area contributed by atoms with Crippen LogP contribution in [-0.2, 0) is 4.79 Å². The number of rotatable bonds is 1. The number of hydrogen-bond donors (Lipinski definition) is 1.